The van der Waals surface area contributed by atoms with E-state index in [4.69, 9.17) is 5.84 Å². The number of sulfonamides is 1. The minimum atomic E-state index is -3.70. The first-order valence-corrected chi connectivity index (χ1v) is 7.88. The lowest BCUT2D eigenvalue weighted by Gasteiger charge is -2.10. The fourth-order valence-electron chi connectivity index (χ4n) is 1.54. The van der Waals surface area contributed by atoms with Crippen molar-refractivity contribution in [3.63, 3.8) is 0 Å². The number of hydrogen-bond donors (Lipinski definition) is 3. The number of pyridine rings is 1. The highest BCUT2D eigenvalue weighted by Crippen LogP contribution is 2.21. The molecule has 0 saturated heterocycles. The van der Waals surface area contributed by atoms with E-state index in [2.05, 4.69) is 36.0 Å². The molecule has 0 saturated carbocycles. The molecule has 2 aromatic heterocycles. The van der Waals surface area contributed by atoms with E-state index < -0.39 is 10.0 Å². The first-order chi connectivity index (χ1) is 9.53. The SMILES string of the molecule is NNc1ncc(Br)cc1S(=O)(=O)NCCn1ccnc1. The van der Waals surface area contributed by atoms with Crippen LogP contribution in [0.15, 0.2) is 40.4 Å². The number of nitrogens with zero attached hydrogens (tertiary/aromatic N) is 3. The molecule has 0 aliphatic heterocycles. The van der Waals surface area contributed by atoms with Gasteiger partial charge in [0, 0.05) is 36.2 Å². The van der Waals surface area contributed by atoms with Gasteiger partial charge < -0.3 is 9.99 Å². The average molecular weight is 361 g/mol. The summed E-state index contributed by atoms with van der Waals surface area (Å²) in [6, 6.07) is 1.43. The summed E-state index contributed by atoms with van der Waals surface area (Å²) in [4.78, 5) is 7.77. The number of imidazole rings is 1. The second-order valence-electron chi connectivity index (χ2n) is 3.84. The lowest BCUT2D eigenvalue weighted by molar-refractivity contribution is 0.572. The highest BCUT2D eigenvalue weighted by molar-refractivity contribution is 9.10. The Hall–Kier alpha value is -1.49. The minimum absolute atomic E-state index is 0.0139. The van der Waals surface area contributed by atoms with Crippen molar-refractivity contribution in [3.05, 3.63) is 35.5 Å². The van der Waals surface area contributed by atoms with E-state index in [1.54, 1.807) is 23.3 Å². The average Bonchev–Trinajstić information content (AvgIpc) is 2.91. The number of hydrazine groups is 1. The Balaban J connectivity index is 2.11. The molecule has 0 unspecified atom stereocenters. The van der Waals surface area contributed by atoms with Crippen LogP contribution in [0.3, 0.4) is 0 Å². The van der Waals surface area contributed by atoms with Crippen LogP contribution < -0.4 is 16.0 Å². The number of aromatic nitrogens is 3. The smallest absolute Gasteiger partial charge is 0.244 e. The van der Waals surface area contributed by atoms with E-state index in [1.165, 1.54) is 12.3 Å². The molecule has 10 heteroatoms. The summed E-state index contributed by atoms with van der Waals surface area (Å²) in [5.74, 6) is 5.36. The number of hydrogen-bond acceptors (Lipinski definition) is 6. The molecule has 0 aliphatic rings. The molecule has 4 N–H and O–H groups in total. The first kappa shape index (κ1) is 14.9. The van der Waals surface area contributed by atoms with Crippen molar-refractivity contribution in [3.8, 4) is 0 Å². The molecule has 0 bridgehead atoms. The van der Waals surface area contributed by atoms with Crippen LogP contribution in [0.1, 0.15) is 0 Å². The molecule has 2 aromatic rings. The van der Waals surface area contributed by atoms with Crippen LogP contribution in [-0.4, -0.2) is 29.5 Å². The topological polar surface area (TPSA) is 115 Å². The van der Waals surface area contributed by atoms with Crippen molar-refractivity contribution in [2.75, 3.05) is 12.0 Å². The second-order valence-corrected chi connectivity index (χ2v) is 6.49. The van der Waals surface area contributed by atoms with E-state index in [0.29, 0.717) is 11.0 Å². The maximum Gasteiger partial charge on any atom is 0.244 e. The lowest BCUT2D eigenvalue weighted by atomic mass is 10.5. The molecule has 2 rings (SSSR count). The van der Waals surface area contributed by atoms with Gasteiger partial charge in [-0.05, 0) is 22.0 Å². The van der Waals surface area contributed by atoms with Gasteiger partial charge in [0.1, 0.15) is 4.90 Å². The summed E-state index contributed by atoms with van der Waals surface area (Å²) in [5.41, 5.74) is 2.27. The van der Waals surface area contributed by atoms with Crippen LogP contribution in [0.25, 0.3) is 0 Å². The lowest BCUT2D eigenvalue weighted by Crippen LogP contribution is -2.28. The molecular weight excluding hydrogens is 348 g/mol. The molecule has 20 heavy (non-hydrogen) atoms. The van der Waals surface area contributed by atoms with Crippen molar-refractivity contribution in [1.29, 1.82) is 0 Å². The Morgan fingerprint density at radius 2 is 2.25 bits per heavy atom. The van der Waals surface area contributed by atoms with Crippen molar-refractivity contribution >= 4 is 31.8 Å². The van der Waals surface area contributed by atoms with Crippen molar-refractivity contribution in [1.82, 2.24) is 19.3 Å². The summed E-state index contributed by atoms with van der Waals surface area (Å²) < 4.78 is 29.2. The Kier molecular flexibility index (Phi) is 4.70. The quantitative estimate of drug-likeness (QED) is 0.504. The number of nitrogens with one attached hydrogen (secondary N) is 2. The maximum absolute atomic E-state index is 12.2. The summed E-state index contributed by atoms with van der Waals surface area (Å²) in [5, 5.41) is 0. The molecule has 0 fully saturated rings. The fourth-order valence-corrected chi connectivity index (χ4v) is 3.19. The van der Waals surface area contributed by atoms with Crippen LogP contribution in [0.2, 0.25) is 0 Å². The van der Waals surface area contributed by atoms with E-state index in [1.807, 2.05) is 0 Å². The predicted octanol–water partition coefficient (Wildman–Crippen LogP) is 0.305. The van der Waals surface area contributed by atoms with Crippen molar-refractivity contribution in [2.24, 2.45) is 5.84 Å². The molecule has 0 aromatic carbocycles. The van der Waals surface area contributed by atoms with E-state index in [-0.39, 0.29) is 17.3 Å². The van der Waals surface area contributed by atoms with Gasteiger partial charge in [0.2, 0.25) is 10.0 Å². The van der Waals surface area contributed by atoms with Crippen LogP contribution in [-0.2, 0) is 16.6 Å². The molecule has 0 radical (unpaired) electrons. The summed E-state index contributed by atoms with van der Waals surface area (Å²) >= 11 is 3.18. The maximum atomic E-state index is 12.2. The van der Waals surface area contributed by atoms with Crippen molar-refractivity contribution < 1.29 is 8.42 Å². The van der Waals surface area contributed by atoms with Crippen LogP contribution in [0.4, 0.5) is 5.82 Å². The van der Waals surface area contributed by atoms with Crippen LogP contribution in [0, 0.1) is 0 Å². The van der Waals surface area contributed by atoms with Gasteiger partial charge in [0.05, 0.1) is 6.33 Å². The molecular formula is C10H13BrN6O2S. The number of rotatable bonds is 6. The molecule has 0 amide bonds. The zero-order valence-corrected chi connectivity index (χ0v) is 12.7. The highest BCUT2D eigenvalue weighted by Gasteiger charge is 2.19. The number of nitrogen functional groups attached to an aromatic ring is 1. The standard InChI is InChI=1S/C10H13BrN6O2S/c11-8-5-9(10(16-12)14-6-8)20(18,19)15-2-4-17-3-1-13-7-17/h1,3,5-7,15H,2,4,12H2,(H,14,16). The van der Waals surface area contributed by atoms with E-state index in [9.17, 15) is 8.42 Å². The summed E-state index contributed by atoms with van der Waals surface area (Å²) in [6.45, 7) is 0.710. The third kappa shape index (κ3) is 3.54. The van der Waals surface area contributed by atoms with Gasteiger partial charge in [-0.25, -0.2) is 29.0 Å². The molecule has 0 aliphatic carbocycles. The number of nitrogens with two attached hydrogens (primary N) is 1. The minimum Gasteiger partial charge on any atom is -0.336 e. The Morgan fingerprint density at radius 1 is 1.45 bits per heavy atom. The summed E-state index contributed by atoms with van der Waals surface area (Å²) in [6.07, 6.45) is 6.45. The zero-order chi connectivity index (χ0) is 14.6. The second kappa shape index (κ2) is 6.31. The van der Waals surface area contributed by atoms with Gasteiger partial charge in [-0.15, -0.1) is 0 Å². The van der Waals surface area contributed by atoms with Crippen molar-refractivity contribution in [2.45, 2.75) is 11.4 Å². The zero-order valence-electron chi connectivity index (χ0n) is 10.3. The fraction of sp³-hybridized carbons (Fsp3) is 0.200. The van der Waals surface area contributed by atoms with Gasteiger partial charge in [0.25, 0.3) is 0 Å². The monoisotopic (exact) mass is 360 g/mol. The molecule has 108 valence electrons. The normalized spacial score (nSPS) is 11.5. The molecule has 0 atom stereocenters. The molecule has 0 spiro atoms. The van der Waals surface area contributed by atoms with Gasteiger partial charge in [0.15, 0.2) is 5.82 Å². The van der Waals surface area contributed by atoms with Gasteiger partial charge >= 0.3 is 0 Å². The van der Waals surface area contributed by atoms with Gasteiger partial charge in [-0.3, -0.25) is 0 Å². The largest absolute Gasteiger partial charge is 0.336 e. The van der Waals surface area contributed by atoms with Gasteiger partial charge in [-0.2, -0.15) is 0 Å². The third-order valence-electron chi connectivity index (χ3n) is 2.47. The first-order valence-electron chi connectivity index (χ1n) is 5.60. The number of halogens is 1. The molecule has 8 nitrogen and oxygen atoms in total. The Bertz CT molecular complexity index is 673. The highest BCUT2D eigenvalue weighted by atomic mass is 79.9. The van der Waals surface area contributed by atoms with E-state index in [0.717, 1.165) is 0 Å². The van der Waals surface area contributed by atoms with Crippen LogP contribution in [0.5, 0.6) is 0 Å². The Labute approximate surface area is 124 Å². The van der Waals surface area contributed by atoms with Gasteiger partial charge in [-0.1, -0.05) is 0 Å². The third-order valence-corrected chi connectivity index (χ3v) is 4.37. The van der Waals surface area contributed by atoms with E-state index >= 15 is 0 Å². The van der Waals surface area contributed by atoms with Crippen LogP contribution >= 0.6 is 15.9 Å². The predicted molar refractivity (Wildman–Crippen MR) is 77.2 cm³/mol. The Morgan fingerprint density at radius 3 is 2.90 bits per heavy atom. The molecule has 2 heterocycles. The summed E-state index contributed by atoms with van der Waals surface area (Å²) in [7, 11) is -3.70. The number of anilines is 1.